The molecule has 3 heterocycles. The molecule has 10 rings (SSSR count). The topological polar surface area (TPSA) is 27.1 Å². The van der Waals surface area contributed by atoms with Crippen LogP contribution in [-0.2, 0) is 0 Å². The molecule has 0 aliphatic carbocycles. The molecule has 4 nitrogen and oxygen atoms in total. The van der Waals surface area contributed by atoms with E-state index in [0.717, 1.165) is 61.6 Å². The van der Waals surface area contributed by atoms with Crippen LogP contribution in [0, 0.1) is 6.57 Å². The maximum Gasteiger partial charge on any atom is 0.187 e. The van der Waals surface area contributed by atoms with Crippen LogP contribution in [0.5, 0.6) is 0 Å². The van der Waals surface area contributed by atoms with Gasteiger partial charge in [-0.2, -0.15) is 0 Å². The molecule has 0 bridgehead atoms. The van der Waals surface area contributed by atoms with Crippen molar-refractivity contribution in [2.24, 2.45) is 0 Å². The van der Waals surface area contributed by atoms with Crippen LogP contribution in [-0.4, -0.2) is 14.1 Å². The Labute approximate surface area is 300 Å². The second-order valence-electron chi connectivity index (χ2n) is 13.1. The SMILES string of the molecule is [C-]#[N+]c1ccc(-n2c3ccccc3c3c2ccc2c4ccccc4n(-c4ccc(-c5cc(-c6ccccc6)nc(-c6ccccc6)c5)cc4)c23)cc1. The highest BCUT2D eigenvalue weighted by molar-refractivity contribution is 6.26. The molecule has 0 aliphatic heterocycles. The van der Waals surface area contributed by atoms with Crippen molar-refractivity contribution in [2.75, 3.05) is 0 Å². The fraction of sp³-hybridized carbons (Fsp3) is 0. The van der Waals surface area contributed by atoms with E-state index in [4.69, 9.17) is 11.6 Å². The van der Waals surface area contributed by atoms with E-state index < -0.39 is 0 Å². The van der Waals surface area contributed by atoms with Gasteiger partial charge < -0.3 is 9.13 Å². The molecule has 0 radical (unpaired) electrons. The summed E-state index contributed by atoms with van der Waals surface area (Å²) in [5.74, 6) is 0. The third kappa shape index (κ3) is 4.72. The Morgan fingerprint density at radius 1 is 0.404 bits per heavy atom. The van der Waals surface area contributed by atoms with Crippen molar-refractivity contribution >= 4 is 49.3 Å². The van der Waals surface area contributed by atoms with Gasteiger partial charge in [0.1, 0.15) is 0 Å². The zero-order valence-electron chi connectivity index (χ0n) is 28.1. The minimum Gasteiger partial charge on any atom is -0.309 e. The predicted molar refractivity (Wildman–Crippen MR) is 215 cm³/mol. The van der Waals surface area contributed by atoms with Crippen LogP contribution in [0.2, 0.25) is 0 Å². The van der Waals surface area contributed by atoms with Crippen LogP contribution in [0.4, 0.5) is 5.69 Å². The van der Waals surface area contributed by atoms with Gasteiger partial charge in [0.25, 0.3) is 0 Å². The minimum absolute atomic E-state index is 0.634. The van der Waals surface area contributed by atoms with E-state index in [0.29, 0.717) is 5.69 Å². The summed E-state index contributed by atoms with van der Waals surface area (Å²) in [7, 11) is 0. The van der Waals surface area contributed by atoms with Crippen LogP contribution in [0.15, 0.2) is 182 Å². The van der Waals surface area contributed by atoms with Gasteiger partial charge in [0.2, 0.25) is 0 Å². The van der Waals surface area contributed by atoms with Crippen molar-refractivity contribution in [3.05, 3.63) is 193 Å². The monoisotopic (exact) mass is 662 g/mol. The molecule has 0 saturated heterocycles. The van der Waals surface area contributed by atoms with Crippen molar-refractivity contribution in [1.82, 2.24) is 14.1 Å². The Morgan fingerprint density at radius 3 is 1.58 bits per heavy atom. The first-order valence-electron chi connectivity index (χ1n) is 17.4. The summed E-state index contributed by atoms with van der Waals surface area (Å²) >= 11 is 0. The Morgan fingerprint density at radius 2 is 0.942 bits per heavy atom. The third-order valence-corrected chi connectivity index (χ3v) is 10.1. The van der Waals surface area contributed by atoms with Gasteiger partial charge in [-0.3, -0.25) is 0 Å². The lowest BCUT2D eigenvalue weighted by atomic mass is 10.00. The number of hydrogen-bond acceptors (Lipinski definition) is 1. The van der Waals surface area contributed by atoms with Crippen LogP contribution in [0.3, 0.4) is 0 Å². The summed E-state index contributed by atoms with van der Waals surface area (Å²) in [6.07, 6.45) is 0. The number of hydrogen-bond donors (Lipinski definition) is 0. The Kier molecular flexibility index (Phi) is 6.84. The van der Waals surface area contributed by atoms with Crippen molar-refractivity contribution < 1.29 is 0 Å². The van der Waals surface area contributed by atoms with Crippen LogP contribution >= 0.6 is 0 Å². The van der Waals surface area contributed by atoms with Crippen molar-refractivity contribution in [1.29, 1.82) is 0 Å². The second-order valence-corrected chi connectivity index (χ2v) is 13.1. The maximum absolute atomic E-state index is 7.46. The molecule has 0 spiro atoms. The molecule has 0 aliphatic rings. The highest BCUT2D eigenvalue weighted by Crippen LogP contribution is 2.42. The van der Waals surface area contributed by atoms with Gasteiger partial charge in [-0.05, 0) is 65.7 Å². The third-order valence-electron chi connectivity index (χ3n) is 10.1. The van der Waals surface area contributed by atoms with Crippen LogP contribution in [0.1, 0.15) is 0 Å². The second kappa shape index (κ2) is 12.0. The Bertz CT molecular complexity index is 2920. The van der Waals surface area contributed by atoms with Gasteiger partial charge in [0, 0.05) is 44.0 Å². The number of para-hydroxylation sites is 2. The molecule has 0 amide bonds. The average molecular weight is 663 g/mol. The lowest BCUT2D eigenvalue weighted by Gasteiger charge is -2.13. The Balaban J connectivity index is 1.19. The first-order valence-corrected chi connectivity index (χ1v) is 17.4. The lowest BCUT2D eigenvalue weighted by molar-refractivity contribution is 1.17. The van der Waals surface area contributed by atoms with E-state index in [2.05, 4.69) is 160 Å². The van der Waals surface area contributed by atoms with E-state index >= 15 is 0 Å². The quantitative estimate of drug-likeness (QED) is 0.169. The van der Waals surface area contributed by atoms with E-state index in [-0.39, 0.29) is 0 Å². The summed E-state index contributed by atoms with van der Waals surface area (Å²) in [6.45, 7) is 7.46. The van der Waals surface area contributed by atoms with Crippen molar-refractivity contribution in [3.63, 3.8) is 0 Å². The highest BCUT2D eigenvalue weighted by atomic mass is 15.0. The number of fused-ring (bicyclic) bond motifs is 7. The van der Waals surface area contributed by atoms with E-state index in [1.165, 1.54) is 27.1 Å². The highest BCUT2D eigenvalue weighted by Gasteiger charge is 2.21. The summed E-state index contributed by atoms with van der Waals surface area (Å²) in [5, 5.41) is 4.83. The summed E-state index contributed by atoms with van der Waals surface area (Å²) < 4.78 is 4.74. The molecule has 10 aromatic rings. The molecule has 242 valence electrons. The molecule has 0 fully saturated rings. The molecule has 0 unspecified atom stereocenters. The fourth-order valence-corrected chi connectivity index (χ4v) is 7.74. The number of rotatable bonds is 5. The number of nitrogens with zero attached hydrogens (tertiary/aromatic N) is 4. The first kappa shape index (κ1) is 29.7. The molecular formula is C48H30N4. The fourth-order valence-electron chi connectivity index (χ4n) is 7.74. The van der Waals surface area contributed by atoms with Gasteiger partial charge in [0.15, 0.2) is 5.69 Å². The lowest BCUT2D eigenvalue weighted by Crippen LogP contribution is -1.96. The molecule has 3 aromatic heterocycles. The average Bonchev–Trinajstić information content (AvgIpc) is 3.74. The number of pyridine rings is 1. The molecule has 7 aromatic carbocycles. The van der Waals surface area contributed by atoms with Gasteiger partial charge in [0.05, 0.1) is 40.0 Å². The van der Waals surface area contributed by atoms with Gasteiger partial charge in [-0.15, -0.1) is 0 Å². The maximum atomic E-state index is 7.46. The molecule has 0 saturated carbocycles. The molecular weight excluding hydrogens is 633 g/mol. The number of aromatic nitrogens is 3. The molecule has 52 heavy (non-hydrogen) atoms. The van der Waals surface area contributed by atoms with Crippen molar-refractivity contribution in [3.8, 4) is 45.0 Å². The standard InChI is InChI=1S/C48H30N4/c1-49-36-22-26-37(27-23-36)51-45-19-11-9-17-41(45)47-46(51)29-28-40-39-16-8-10-18-44(39)52(48(40)47)38-24-20-32(21-25-38)35-30-42(33-12-4-2-5-13-33)50-43(31-35)34-14-6-3-7-15-34/h2-31H. The van der Waals surface area contributed by atoms with Gasteiger partial charge >= 0.3 is 0 Å². The predicted octanol–water partition coefficient (Wildman–Crippen LogP) is 12.8. The van der Waals surface area contributed by atoms with E-state index in [9.17, 15) is 0 Å². The molecule has 0 atom stereocenters. The van der Waals surface area contributed by atoms with Gasteiger partial charge in [-0.25, -0.2) is 9.83 Å². The zero-order valence-corrected chi connectivity index (χ0v) is 28.1. The van der Waals surface area contributed by atoms with E-state index in [1.54, 1.807) is 0 Å². The summed E-state index contributed by atoms with van der Waals surface area (Å²) in [5.41, 5.74) is 13.7. The molecule has 4 heteroatoms. The van der Waals surface area contributed by atoms with E-state index in [1.807, 2.05) is 36.4 Å². The normalized spacial score (nSPS) is 11.4. The minimum atomic E-state index is 0.634. The van der Waals surface area contributed by atoms with Crippen LogP contribution in [0.25, 0.3) is 93.5 Å². The van der Waals surface area contributed by atoms with Crippen molar-refractivity contribution in [2.45, 2.75) is 0 Å². The van der Waals surface area contributed by atoms with Gasteiger partial charge in [-0.1, -0.05) is 127 Å². The van der Waals surface area contributed by atoms with Crippen LogP contribution < -0.4 is 0 Å². The zero-order chi connectivity index (χ0) is 34.6. The first-order chi connectivity index (χ1) is 25.7. The summed E-state index contributed by atoms with van der Waals surface area (Å²) in [6, 6.07) is 63.9. The smallest absolute Gasteiger partial charge is 0.187 e. The molecule has 0 N–H and O–H groups in total. The number of benzene rings is 7. The summed E-state index contributed by atoms with van der Waals surface area (Å²) in [4.78, 5) is 8.72. The largest absolute Gasteiger partial charge is 0.309 e. The Hall–Kier alpha value is -7.22.